The Morgan fingerprint density at radius 2 is 1.75 bits per heavy atom. The zero-order valence-corrected chi connectivity index (χ0v) is 16.1. The van der Waals surface area contributed by atoms with E-state index in [0.29, 0.717) is 18.6 Å². The summed E-state index contributed by atoms with van der Waals surface area (Å²) in [5.74, 6) is -0.375. The molecule has 0 saturated carbocycles. The Hall–Kier alpha value is -1.44. The van der Waals surface area contributed by atoms with Gasteiger partial charge >= 0.3 is 6.03 Å². The van der Waals surface area contributed by atoms with Crippen LogP contribution in [0.3, 0.4) is 0 Å². The van der Waals surface area contributed by atoms with Gasteiger partial charge in [0.1, 0.15) is 0 Å². The molecule has 1 aromatic carbocycles. The Morgan fingerprint density at radius 1 is 1.12 bits per heavy atom. The monoisotopic (exact) mass is 368 g/mol. The van der Waals surface area contributed by atoms with Crippen LogP contribution in [0.5, 0.6) is 0 Å². The lowest BCUT2D eigenvalue weighted by atomic mass is 10.1. The molecule has 132 valence electrons. The molecule has 1 rings (SSSR count). The number of urea groups is 1. The number of hydrogen-bond donors (Lipinski definition) is 2. The summed E-state index contributed by atoms with van der Waals surface area (Å²) >= 11 is 3.00. The predicted octanol–water partition coefficient (Wildman–Crippen LogP) is 3.58. The van der Waals surface area contributed by atoms with Gasteiger partial charge in [-0.25, -0.2) is 10.3 Å². The standard InChI is InChI=1S/C17H24N2O3S2/c1-12(2)14(16(23-3)24-4)15(20)18-17(21)19-22-11-10-13-8-6-5-7-9-13/h5-9,12H,10-11H2,1-4H3,(H2,18,19,20,21). The van der Waals surface area contributed by atoms with E-state index < -0.39 is 11.9 Å². The SMILES string of the molecule is CSC(SC)=C(C(=O)NC(=O)NOCCc1ccccc1)C(C)C. The van der Waals surface area contributed by atoms with E-state index in [0.717, 1.165) is 9.80 Å². The molecule has 0 heterocycles. The van der Waals surface area contributed by atoms with Crippen LogP contribution in [0.25, 0.3) is 0 Å². The van der Waals surface area contributed by atoms with Gasteiger partial charge in [0, 0.05) is 9.81 Å². The van der Waals surface area contributed by atoms with Crippen LogP contribution in [0.4, 0.5) is 4.79 Å². The van der Waals surface area contributed by atoms with Crippen molar-refractivity contribution in [3.8, 4) is 0 Å². The number of carbonyl (C=O) groups excluding carboxylic acids is 2. The second kappa shape index (κ2) is 11.2. The van der Waals surface area contributed by atoms with E-state index >= 15 is 0 Å². The molecule has 0 bridgehead atoms. The molecule has 3 amide bonds. The van der Waals surface area contributed by atoms with Crippen LogP contribution in [0.15, 0.2) is 40.1 Å². The summed E-state index contributed by atoms with van der Waals surface area (Å²) in [5.41, 5.74) is 3.97. The minimum Gasteiger partial charge on any atom is -0.272 e. The fourth-order valence-corrected chi connectivity index (χ4v) is 3.78. The van der Waals surface area contributed by atoms with Crippen molar-refractivity contribution in [1.29, 1.82) is 0 Å². The minimum atomic E-state index is -0.659. The quantitative estimate of drug-likeness (QED) is 0.417. The molecular formula is C17H24N2O3S2. The molecule has 0 aromatic heterocycles. The van der Waals surface area contributed by atoms with Crippen LogP contribution in [0.1, 0.15) is 19.4 Å². The van der Waals surface area contributed by atoms with Gasteiger partial charge in [0.15, 0.2) is 0 Å². The molecule has 0 saturated heterocycles. The Balaban J connectivity index is 2.45. The highest BCUT2D eigenvalue weighted by molar-refractivity contribution is 8.21. The van der Waals surface area contributed by atoms with Crippen LogP contribution in [0, 0.1) is 5.92 Å². The number of amides is 3. The number of carbonyl (C=O) groups is 2. The summed E-state index contributed by atoms with van der Waals surface area (Å²) in [7, 11) is 0. The summed E-state index contributed by atoms with van der Waals surface area (Å²) in [6.45, 7) is 4.19. The van der Waals surface area contributed by atoms with E-state index in [4.69, 9.17) is 4.84 Å². The van der Waals surface area contributed by atoms with Crippen LogP contribution in [-0.4, -0.2) is 31.1 Å². The first-order chi connectivity index (χ1) is 11.5. The lowest BCUT2D eigenvalue weighted by Gasteiger charge is -2.15. The molecule has 2 N–H and O–H groups in total. The van der Waals surface area contributed by atoms with Crippen molar-refractivity contribution in [1.82, 2.24) is 10.8 Å². The highest BCUT2D eigenvalue weighted by Gasteiger charge is 2.20. The Morgan fingerprint density at radius 3 is 2.29 bits per heavy atom. The topological polar surface area (TPSA) is 67.4 Å². The smallest absolute Gasteiger partial charge is 0.272 e. The minimum absolute atomic E-state index is 0.0201. The first-order valence-corrected chi connectivity index (χ1v) is 10.0. The summed E-state index contributed by atoms with van der Waals surface area (Å²) in [5, 5.41) is 2.31. The van der Waals surface area contributed by atoms with E-state index in [9.17, 15) is 9.59 Å². The van der Waals surface area contributed by atoms with Crippen LogP contribution in [0.2, 0.25) is 0 Å². The molecule has 1 aromatic rings. The molecule has 0 aliphatic rings. The average Bonchev–Trinajstić information content (AvgIpc) is 2.56. The second-order valence-electron chi connectivity index (χ2n) is 5.23. The average molecular weight is 369 g/mol. The molecule has 0 aliphatic carbocycles. The fourth-order valence-electron chi connectivity index (χ4n) is 2.02. The van der Waals surface area contributed by atoms with Gasteiger partial charge in [-0.15, -0.1) is 23.5 Å². The third kappa shape index (κ3) is 6.98. The van der Waals surface area contributed by atoms with Crippen LogP contribution in [-0.2, 0) is 16.1 Å². The van der Waals surface area contributed by atoms with Gasteiger partial charge in [-0.05, 0) is 30.4 Å². The van der Waals surface area contributed by atoms with Gasteiger partial charge in [0.25, 0.3) is 5.91 Å². The number of hydrogen-bond acceptors (Lipinski definition) is 5. The Kier molecular flexibility index (Phi) is 9.59. The first kappa shape index (κ1) is 20.6. The van der Waals surface area contributed by atoms with E-state index in [1.54, 1.807) is 0 Å². The zero-order valence-electron chi connectivity index (χ0n) is 14.4. The third-order valence-electron chi connectivity index (χ3n) is 3.14. The van der Waals surface area contributed by atoms with Gasteiger partial charge in [0.05, 0.1) is 6.61 Å². The number of rotatable bonds is 8. The van der Waals surface area contributed by atoms with E-state index in [1.165, 1.54) is 23.5 Å². The summed E-state index contributed by atoms with van der Waals surface area (Å²) in [6, 6.07) is 9.15. The highest BCUT2D eigenvalue weighted by Crippen LogP contribution is 2.31. The number of hydroxylamine groups is 1. The maximum atomic E-state index is 12.3. The van der Waals surface area contributed by atoms with Crippen molar-refractivity contribution in [2.24, 2.45) is 5.92 Å². The van der Waals surface area contributed by atoms with Crippen LogP contribution < -0.4 is 10.8 Å². The third-order valence-corrected chi connectivity index (χ3v) is 5.32. The highest BCUT2D eigenvalue weighted by atomic mass is 32.2. The molecule has 0 fully saturated rings. The van der Waals surface area contributed by atoms with Crippen molar-refractivity contribution in [3.63, 3.8) is 0 Å². The van der Waals surface area contributed by atoms with Gasteiger partial charge in [-0.1, -0.05) is 44.2 Å². The van der Waals surface area contributed by atoms with E-state index in [-0.39, 0.29) is 5.92 Å². The lowest BCUT2D eigenvalue weighted by molar-refractivity contribution is -0.117. The summed E-state index contributed by atoms with van der Waals surface area (Å²) in [4.78, 5) is 29.2. The van der Waals surface area contributed by atoms with Crippen molar-refractivity contribution in [2.75, 3.05) is 19.1 Å². The molecule has 0 spiro atoms. The number of thioether (sulfide) groups is 2. The Bertz CT molecular complexity index is 568. The van der Waals surface area contributed by atoms with Crippen LogP contribution >= 0.6 is 23.5 Å². The summed E-state index contributed by atoms with van der Waals surface area (Å²) < 4.78 is 0.903. The van der Waals surface area contributed by atoms with Gasteiger partial charge in [-0.2, -0.15) is 0 Å². The largest absolute Gasteiger partial charge is 0.345 e. The van der Waals surface area contributed by atoms with Gasteiger partial charge in [-0.3, -0.25) is 14.9 Å². The summed E-state index contributed by atoms with van der Waals surface area (Å²) in [6.07, 6.45) is 4.50. The van der Waals surface area contributed by atoms with Crippen molar-refractivity contribution < 1.29 is 14.4 Å². The normalized spacial score (nSPS) is 10.4. The van der Waals surface area contributed by atoms with Crippen molar-refractivity contribution in [3.05, 3.63) is 45.7 Å². The van der Waals surface area contributed by atoms with E-state index in [2.05, 4.69) is 10.8 Å². The van der Waals surface area contributed by atoms with Gasteiger partial charge < -0.3 is 0 Å². The molecule has 0 radical (unpaired) electrons. The van der Waals surface area contributed by atoms with Crippen molar-refractivity contribution >= 4 is 35.5 Å². The first-order valence-electron chi connectivity index (χ1n) is 7.58. The molecular weight excluding hydrogens is 344 g/mol. The Labute approximate surface area is 151 Å². The molecule has 0 atom stereocenters. The van der Waals surface area contributed by atoms with Crippen molar-refractivity contribution in [2.45, 2.75) is 20.3 Å². The molecule has 7 heteroatoms. The fraction of sp³-hybridized carbons (Fsp3) is 0.412. The number of imide groups is 1. The predicted molar refractivity (Wildman–Crippen MR) is 102 cm³/mol. The number of nitrogens with one attached hydrogen (secondary N) is 2. The zero-order chi connectivity index (χ0) is 17.9. The maximum Gasteiger partial charge on any atom is 0.345 e. The van der Waals surface area contributed by atoms with Gasteiger partial charge in [0.2, 0.25) is 0 Å². The number of benzene rings is 1. The molecule has 5 nitrogen and oxygen atoms in total. The molecule has 24 heavy (non-hydrogen) atoms. The lowest BCUT2D eigenvalue weighted by Crippen LogP contribution is -2.41. The molecule has 0 unspecified atom stereocenters. The van der Waals surface area contributed by atoms with E-state index in [1.807, 2.05) is 56.7 Å². The molecule has 0 aliphatic heterocycles. The second-order valence-corrected chi connectivity index (χ2v) is 7.12. The maximum absolute atomic E-state index is 12.3.